The molecular weight excluding hydrogens is 286 g/mol. The zero-order valence-electron chi connectivity index (χ0n) is 12.0. The molecule has 0 aromatic heterocycles. The molecule has 0 radical (unpaired) electrons. The molecule has 6 atom stereocenters. The molecule has 1 saturated heterocycles. The van der Waals surface area contributed by atoms with E-state index in [2.05, 4.69) is 0 Å². The summed E-state index contributed by atoms with van der Waals surface area (Å²) in [5.74, 6) is -1.52. The van der Waals surface area contributed by atoms with Crippen LogP contribution in [0.5, 0.6) is 5.75 Å². The van der Waals surface area contributed by atoms with Gasteiger partial charge < -0.3 is 14.9 Å². The molecule has 2 N–H and O–H groups in total. The number of aliphatic hydroxyl groups excluding tert-OH is 2. The first-order valence-corrected chi connectivity index (χ1v) is 7.42. The summed E-state index contributed by atoms with van der Waals surface area (Å²) < 4.78 is 5.08. The summed E-state index contributed by atoms with van der Waals surface area (Å²) in [5.41, 5.74) is 0.508. The zero-order valence-corrected chi connectivity index (χ0v) is 12.0. The normalized spacial score (nSPS) is 39.5. The van der Waals surface area contributed by atoms with Crippen molar-refractivity contribution in [1.82, 2.24) is 0 Å². The summed E-state index contributed by atoms with van der Waals surface area (Å²) in [4.78, 5) is 26.5. The maximum Gasteiger partial charge on any atom is 0.238 e. The van der Waals surface area contributed by atoms with E-state index >= 15 is 0 Å². The average molecular weight is 303 g/mol. The van der Waals surface area contributed by atoms with Gasteiger partial charge in [0.25, 0.3) is 0 Å². The van der Waals surface area contributed by atoms with E-state index in [1.54, 1.807) is 31.4 Å². The van der Waals surface area contributed by atoms with Crippen LogP contribution < -0.4 is 9.64 Å². The van der Waals surface area contributed by atoms with Gasteiger partial charge in [-0.05, 0) is 30.7 Å². The molecule has 0 spiro atoms. The second-order valence-corrected chi connectivity index (χ2v) is 6.31. The van der Waals surface area contributed by atoms with E-state index in [-0.39, 0.29) is 23.7 Å². The van der Waals surface area contributed by atoms with Gasteiger partial charge in [0, 0.05) is 11.8 Å². The number of methoxy groups -OCH3 is 1. The fourth-order valence-corrected chi connectivity index (χ4v) is 4.42. The van der Waals surface area contributed by atoms with Gasteiger partial charge >= 0.3 is 0 Å². The van der Waals surface area contributed by atoms with E-state index in [0.29, 0.717) is 17.9 Å². The number of amides is 2. The van der Waals surface area contributed by atoms with Gasteiger partial charge in [-0.25, -0.2) is 0 Å². The van der Waals surface area contributed by atoms with Crippen LogP contribution in [0.3, 0.4) is 0 Å². The highest BCUT2D eigenvalue weighted by Crippen LogP contribution is 2.56. The number of hydrogen-bond donors (Lipinski definition) is 2. The van der Waals surface area contributed by atoms with Crippen molar-refractivity contribution in [2.24, 2.45) is 23.7 Å². The quantitative estimate of drug-likeness (QED) is 0.761. The van der Waals surface area contributed by atoms with Gasteiger partial charge in [0.2, 0.25) is 11.8 Å². The SMILES string of the molecule is COc1ccc(N2C(=O)[C@@H]3[C@H]4C[C@H]([C@@H](O)[C@@H]4O)[C@@H]3C2=O)cc1. The highest BCUT2D eigenvalue weighted by Gasteiger charge is 2.67. The Kier molecular flexibility index (Phi) is 2.83. The summed E-state index contributed by atoms with van der Waals surface area (Å²) in [5, 5.41) is 20.0. The van der Waals surface area contributed by atoms with Gasteiger partial charge in [0.05, 0.1) is 36.8 Å². The van der Waals surface area contributed by atoms with Crippen molar-refractivity contribution in [2.75, 3.05) is 12.0 Å². The standard InChI is InChI=1S/C16H17NO5/c1-22-8-4-2-7(3-5-8)17-15(20)11-9-6-10(12(11)16(17)21)14(19)13(9)18/h2-5,9-14,18-19H,6H2,1H3/t9-,10+,11-,12+,13-,14-/m1/s1. The Morgan fingerprint density at radius 3 is 1.95 bits per heavy atom. The summed E-state index contributed by atoms with van der Waals surface area (Å²) >= 11 is 0. The van der Waals surface area contributed by atoms with Crippen LogP contribution in [-0.2, 0) is 9.59 Å². The van der Waals surface area contributed by atoms with Crippen molar-refractivity contribution in [3.8, 4) is 5.75 Å². The molecule has 6 nitrogen and oxygen atoms in total. The molecule has 2 bridgehead atoms. The molecule has 6 heteroatoms. The summed E-state index contributed by atoms with van der Waals surface area (Å²) in [6.45, 7) is 0. The maximum atomic E-state index is 12.7. The number of imide groups is 1. The van der Waals surface area contributed by atoms with Crippen LogP contribution in [0.4, 0.5) is 5.69 Å². The number of aliphatic hydroxyl groups is 2. The van der Waals surface area contributed by atoms with Crippen molar-refractivity contribution >= 4 is 17.5 Å². The third kappa shape index (κ3) is 1.56. The monoisotopic (exact) mass is 303 g/mol. The average Bonchev–Trinajstić information content (AvgIpc) is 3.13. The molecule has 1 aliphatic heterocycles. The van der Waals surface area contributed by atoms with Gasteiger partial charge in [-0.15, -0.1) is 0 Å². The van der Waals surface area contributed by atoms with Gasteiger partial charge in [-0.2, -0.15) is 0 Å². The molecule has 1 aromatic rings. The summed E-state index contributed by atoms with van der Waals surface area (Å²) in [6.07, 6.45) is -1.26. The van der Waals surface area contributed by atoms with Crippen molar-refractivity contribution in [3.05, 3.63) is 24.3 Å². The van der Waals surface area contributed by atoms with Crippen LogP contribution in [-0.4, -0.2) is 41.3 Å². The van der Waals surface area contributed by atoms with Gasteiger partial charge in [0.1, 0.15) is 5.75 Å². The molecule has 2 saturated carbocycles. The van der Waals surface area contributed by atoms with Crippen LogP contribution in [0.15, 0.2) is 24.3 Å². The Morgan fingerprint density at radius 1 is 1.00 bits per heavy atom. The number of benzene rings is 1. The van der Waals surface area contributed by atoms with Gasteiger partial charge in [-0.3, -0.25) is 14.5 Å². The van der Waals surface area contributed by atoms with E-state index in [4.69, 9.17) is 4.74 Å². The largest absolute Gasteiger partial charge is 0.497 e. The lowest BCUT2D eigenvalue weighted by atomic mass is 9.78. The zero-order chi connectivity index (χ0) is 15.6. The molecule has 3 fully saturated rings. The molecule has 1 aromatic carbocycles. The first-order valence-electron chi connectivity index (χ1n) is 7.42. The van der Waals surface area contributed by atoms with E-state index in [9.17, 15) is 19.8 Å². The smallest absolute Gasteiger partial charge is 0.238 e. The highest BCUT2D eigenvalue weighted by molar-refractivity contribution is 6.22. The Bertz CT molecular complexity index is 610. The number of fused-ring (bicyclic) bond motifs is 5. The predicted molar refractivity (Wildman–Crippen MR) is 76.1 cm³/mol. The van der Waals surface area contributed by atoms with Crippen molar-refractivity contribution in [3.63, 3.8) is 0 Å². The lowest BCUT2D eigenvalue weighted by molar-refractivity contribution is -0.129. The maximum absolute atomic E-state index is 12.7. The van der Waals surface area contributed by atoms with Crippen molar-refractivity contribution in [1.29, 1.82) is 0 Å². The minimum absolute atomic E-state index is 0.265. The number of nitrogens with zero attached hydrogens (tertiary/aromatic N) is 1. The minimum atomic E-state index is -0.904. The van der Waals surface area contributed by atoms with Crippen LogP contribution in [0.2, 0.25) is 0 Å². The Labute approximate surface area is 127 Å². The summed E-state index contributed by atoms with van der Waals surface area (Å²) in [6, 6.07) is 6.74. The molecule has 2 aliphatic carbocycles. The Balaban J connectivity index is 1.69. The first-order chi connectivity index (χ1) is 10.5. The fourth-order valence-electron chi connectivity index (χ4n) is 4.42. The topological polar surface area (TPSA) is 87.1 Å². The van der Waals surface area contributed by atoms with Crippen molar-refractivity contribution < 1.29 is 24.5 Å². The summed E-state index contributed by atoms with van der Waals surface area (Å²) in [7, 11) is 1.55. The third-order valence-corrected chi connectivity index (χ3v) is 5.42. The number of carbonyl (C=O) groups is 2. The molecular formula is C16H17NO5. The molecule has 1 heterocycles. The number of anilines is 1. The van der Waals surface area contributed by atoms with Crippen LogP contribution in [0.25, 0.3) is 0 Å². The molecule has 22 heavy (non-hydrogen) atoms. The molecule has 0 unspecified atom stereocenters. The van der Waals surface area contributed by atoms with Crippen LogP contribution in [0, 0.1) is 23.7 Å². The van der Waals surface area contributed by atoms with E-state index in [1.165, 1.54) is 4.90 Å². The van der Waals surface area contributed by atoms with E-state index in [0.717, 1.165) is 0 Å². The molecule has 2 amide bonds. The van der Waals surface area contributed by atoms with E-state index < -0.39 is 24.0 Å². The van der Waals surface area contributed by atoms with Gasteiger partial charge in [-0.1, -0.05) is 0 Å². The predicted octanol–water partition coefficient (Wildman–Crippen LogP) is 0.172. The van der Waals surface area contributed by atoms with Crippen LogP contribution >= 0.6 is 0 Å². The molecule has 4 rings (SSSR count). The van der Waals surface area contributed by atoms with Crippen molar-refractivity contribution in [2.45, 2.75) is 18.6 Å². The third-order valence-electron chi connectivity index (χ3n) is 5.42. The molecule has 3 aliphatic rings. The fraction of sp³-hybridized carbons (Fsp3) is 0.500. The Hall–Kier alpha value is -1.92. The first kappa shape index (κ1) is 13.7. The lowest BCUT2D eigenvalue weighted by Crippen LogP contribution is -2.43. The number of carbonyl (C=O) groups excluding carboxylic acids is 2. The second-order valence-electron chi connectivity index (χ2n) is 6.31. The highest BCUT2D eigenvalue weighted by atomic mass is 16.5. The molecule has 116 valence electrons. The second kappa shape index (κ2) is 4.54. The lowest BCUT2D eigenvalue weighted by Gasteiger charge is -2.29. The Morgan fingerprint density at radius 2 is 1.50 bits per heavy atom. The number of ether oxygens (including phenoxy) is 1. The van der Waals surface area contributed by atoms with Gasteiger partial charge in [0.15, 0.2) is 0 Å². The minimum Gasteiger partial charge on any atom is -0.497 e. The van der Waals surface area contributed by atoms with E-state index in [1.807, 2.05) is 0 Å². The van der Waals surface area contributed by atoms with Crippen LogP contribution in [0.1, 0.15) is 6.42 Å². The number of hydrogen-bond acceptors (Lipinski definition) is 5. The number of rotatable bonds is 2.